The fourth-order valence-electron chi connectivity index (χ4n) is 4.25. The number of hydrogen-bond donors (Lipinski definition) is 1. The van der Waals surface area contributed by atoms with Gasteiger partial charge in [0, 0.05) is 23.1 Å². The Balaban J connectivity index is 2.00. The number of esters is 1. The Labute approximate surface area is 208 Å². The lowest BCUT2D eigenvalue weighted by atomic mass is 9.82. The summed E-state index contributed by atoms with van der Waals surface area (Å²) in [5, 5.41) is 0. The molecule has 0 saturated heterocycles. The first-order valence-corrected chi connectivity index (χ1v) is 11.9. The molecule has 1 saturated carbocycles. The molecule has 1 aromatic carbocycles. The van der Waals surface area contributed by atoms with E-state index >= 15 is 0 Å². The Morgan fingerprint density at radius 3 is 2.37 bits per heavy atom. The van der Waals surface area contributed by atoms with Crippen LogP contribution in [0.2, 0.25) is 0 Å². The van der Waals surface area contributed by atoms with E-state index in [-0.39, 0.29) is 34.1 Å². The highest BCUT2D eigenvalue weighted by Crippen LogP contribution is 2.39. The van der Waals surface area contributed by atoms with Crippen molar-refractivity contribution in [2.24, 2.45) is 11.8 Å². The number of nitrogens with zero attached hydrogens (tertiary/aromatic N) is 2. The first kappa shape index (κ1) is 26.8. The molecule has 0 bridgehead atoms. The van der Waals surface area contributed by atoms with Crippen LogP contribution in [0, 0.1) is 11.8 Å². The van der Waals surface area contributed by atoms with E-state index < -0.39 is 23.6 Å². The SMILES string of the molecule is COC(=O)c1cc(Oc2ncc(S)cc2C(F)(F)F)ccc1N(C(=O)[C@H]1CC[C@H](C)CC1)C(C)C. The smallest absolute Gasteiger partial charge is 0.421 e. The van der Waals surface area contributed by atoms with Gasteiger partial charge in [0.1, 0.15) is 11.3 Å². The summed E-state index contributed by atoms with van der Waals surface area (Å²) in [4.78, 5) is 31.4. The minimum atomic E-state index is -4.72. The second-order valence-electron chi connectivity index (χ2n) is 9.08. The minimum absolute atomic E-state index is 0.00982. The Hall–Kier alpha value is -2.75. The van der Waals surface area contributed by atoms with Gasteiger partial charge in [-0.05, 0) is 69.7 Å². The summed E-state index contributed by atoms with van der Waals surface area (Å²) in [6.45, 7) is 5.85. The van der Waals surface area contributed by atoms with Gasteiger partial charge < -0.3 is 14.4 Å². The monoisotopic (exact) mass is 510 g/mol. The van der Waals surface area contributed by atoms with Crippen LogP contribution in [0.5, 0.6) is 11.6 Å². The van der Waals surface area contributed by atoms with Gasteiger partial charge in [-0.25, -0.2) is 9.78 Å². The standard InChI is InChI=1S/C25H29F3N2O4S/c1-14(2)30(23(31)16-7-5-15(3)6-8-16)21-10-9-17(11-19(21)24(32)33-4)34-22-20(25(26,27)28)12-18(35)13-29-22/h9-16,35H,5-8H2,1-4H3/t15-,16-. The van der Waals surface area contributed by atoms with Crippen molar-refractivity contribution in [1.82, 2.24) is 4.98 Å². The number of carbonyl (C=O) groups is 2. The molecule has 0 N–H and O–H groups in total. The zero-order chi connectivity index (χ0) is 25.9. The molecule has 10 heteroatoms. The quantitative estimate of drug-likeness (QED) is 0.353. The summed E-state index contributed by atoms with van der Waals surface area (Å²) in [5.74, 6) is -1.14. The van der Waals surface area contributed by atoms with Crippen LogP contribution in [0.4, 0.5) is 18.9 Å². The number of benzene rings is 1. The third-order valence-electron chi connectivity index (χ3n) is 6.11. The Kier molecular flexibility index (Phi) is 8.35. The Morgan fingerprint density at radius 1 is 1.14 bits per heavy atom. The zero-order valence-electron chi connectivity index (χ0n) is 20.1. The highest BCUT2D eigenvalue weighted by Gasteiger charge is 2.36. The molecule has 35 heavy (non-hydrogen) atoms. The average molecular weight is 511 g/mol. The molecule has 0 radical (unpaired) electrons. The predicted molar refractivity (Wildman–Crippen MR) is 128 cm³/mol. The molecule has 1 amide bonds. The van der Waals surface area contributed by atoms with Crippen LogP contribution in [0.15, 0.2) is 35.4 Å². The maximum atomic E-state index is 13.5. The normalized spacial score (nSPS) is 18.3. The van der Waals surface area contributed by atoms with Crippen molar-refractivity contribution in [1.29, 1.82) is 0 Å². The van der Waals surface area contributed by atoms with Crippen molar-refractivity contribution in [3.05, 3.63) is 41.6 Å². The summed E-state index contributed by atoms with van der Waals surface area (Å²) in [6.07, 6.45) is -0.134. The van der Waals surface area contributed by atoms with Crippen LogP contribution in [0.25, 0.3) is 0 Å². The number of amides is 1. The molecule has 0 unspecified atom stereocenters. The van der Waals surface area contributed by atoms with Crippen molar-refractivity contribution in [3.8, 4) is 11.6 Å². The number of pyridine rings is 1. The van der Waals surface area contributed by atoms with Crippen molar-refractivity contribution < 1.29 is 32.2 Å². The van der Waals surface area contributed by atoms with E-state index in [1.165, 1.54) is 25.3 Å². The van der Waals surface area contributed by atoms with Crippen molar-refractivity contribution >= 4 is 30.2 Å². The van der Waals surface area contributed by atoms with E-state index in [1.54, 1.807) is 4.90 Å². The lowest BCUT2D eigenvalue weighted by Gasteiger charge is -2.34. The molecule has 6 nitrogen and oxygen atoms in total. The molecule has 1 aromatic heterocycles. The largest absolute Gasteiger partial charge is 0.465 e. The molecular formula is C25H29F3N2O4S. The lowest BCUT2D eigenvalue weighted by Crippen LogP contribution is -2.43. The highest BCUT2D eigenvalue weighted by molar-refractivity contribution is 7.80. The maximum Gasteiger partial charge on any atom is 0.421 e. The number of thiol groups is 1. The molecule has 3 rings (SSSR count). The fraction of sp³-hybridized carbons (Fsp3) is 0.480. The van der Waals surface area contributed by atoms with Crippen LogP contribution < -0.4 is 9.64 Å². The topological polar surface area (TPSA) is 68.7 Å². The number of carbonyl (C=O) groups excluding carboxylic acids is 2. The third kappa shape index (κ3) is 6.28. The van der Waals surface area contributed by atoms with Crippen LogP contribution in [0.1, 0.15) is 62.4 Å². The predicted octanol–water partition coefficient (Wildman–Crippen LogP) is 6.54. The Morgan fingerprint density at radius 2 is 1.80 bits per heavy atom. The fourth-order valence-corrected chi connectivity index (χ4v) is 4.44. The number of alkyl halides is 3. The third-order valence-corrected chi connectivity index (χ3v) is 6.35. The lowest BCUT2D eigenvalue weighted by molar-refractivity contribution is -0.139. The Bertz CT molecular complexity index is 1080. The van der Waals surface area contributed by atoms with Gasteiger partial charge in [0.05, 0.1) is 18.4 Å². The van der Waals surface area contributed by atoms with E-state index in [0.29, 0.717) is 11.6 Å². The molecule has 0 spiro atoms. The van der Waals surface area contributed by atoms with Crippen LogP contribution >= 0.6 is 12.6 Å². The van der Waals surface area contributed by atoms with E-state index in [1.807, 2.05) is 13.8 Å². The molecule has 1 heterocycles. The second kappa shape index (κ2) is 10.9. The van der Waals surface area contributed by atoms with Crippen LogP contribution in [-0.4, -0.2) is 30.0 Å². The molecule has 1 fully saturated rings. The van der Waals surface area contributed by atoms with E-state index in [4.69, 9.17) is 9.47 Å². The first-order valence-electron chi connectivity index (χ1n) is 11.4. The number of halogens is 3. The molecular weight excluding hydrogens is 481 g/mol. The number of aromatic nitrogens is 1. The average Bonchev–Trinajstić information content (AvgIpc) is 2.80. The van der Waals surface area contributed by atoms with Crippen molar-refractivity contribution in [3.63, 3.8) is 0 Å². The van der Waals surface area contributed by atoms with Gasteiger partial charge in [0.2, 0.25) is 11.8 Å². The summed E-state index contributed by atoms with van der Waals surface area (Å²) >= 11 is 3.92. The summed E-state index contributed by atoms with van der Waals surface area (Å²) in [6, 6.07) is 4.71. The van der Waals surface area contributed by atoms with E-state index in [0.717, 1.165) is 37.9 Å². The highest BCUT2D eigenvalue weighted by atomic mass is 32.1. The van der Waals surface area contributed by atoms with Gasteiger partial charge in [0.25, 0.3) is 0 Å². The number of hydrogen-bond acceptors (Lipinski definition) is 6. The molecule has 190 valence electrons. The van der Waals surface area contributed by atoms with Crippen LogP contribution in [-0.2, 0) is 15.7 Å². The van der Waals surface area contributed by atoms with Crippen molar-refractivity contribution in [2.75, 3.05) is 12.0 Å². The second-order valence-corrected chi connectivity index (χ2v) is 9.59. The summed E-state index contributed by atoms with van der Waals surface area (Å²) in [7, 11) is 1.19. The number of anilines is 1. The van der Waals surface area contributed by atoms with Crippen molar-refractivity contribution in [2.45, 2.75) is 63.6 Å². The van der Waals surface area contributed by atoms with Gasteiger partial charge in [-0.1, -0.05) is 6.92 Å². The maximum absolute atomic E-state index is 13.5. The molecule has 0 atom stereocenters. The minimum Gasteiger partial charge on any atom is -0.465 e. The van der Waals surface area contributed by atoms with E-state index in [9.17, 15) is 22.8 Å². The van der Waals surface area contributed by atoms with Crippen LogP contribution in [0.3, 0.4) is 0 Å². The van der Waals surface area contributed by atoms with Gasteiger partial charge in [0.15, 0.2) is 0 Å². The van der Waals surface area contributed by atoms with Gasteiger partial charge in [-0.2, -0.15) is 13.2 Å². The number of methoxy groups -OCH3 is 1. The molecule has 2 aromatic rings. The summed E-state index contributed by atoms with van der Waals surface area (Å²) < 4.78 is 50.7. The summed E-state index contributed by atoms with van der Waals surface area (Å²) in [5.41, 5.74) is -0.771. The molecule has 0 aliphatic heterocycles. The zero-order valence-corrected chi connectivity index (χ0v) is 21.0. The molecule has 1 aliphatic rings. The van der Waals surface area contributed by atoms with Gasteiger partial charge in [-0.15, -0.1) is 12.6 Å². The number of rotatable bonds is 6. The molecule has 1 aliphatic carbocycles. The number of ether oxygens (including phenoxy) is 2. The van der Waals surface area contributed by atoms with Gasteiger partial charge >= 0.3 is 12.1 Å². The van der Waals surface area contributed by atoms with Gasteiger partial charge in [-0.3, -0.25) is 4.79 Å². The first-order chi connectivity index (χ1) is 16.4. The van der Waals surface area contributed by atoms with E-state index in [2.05, 4.69) is 24.5 Å².